The van der Waals surface area contributed by atoms with Gasteiger partial charge in [0.25, 0.3) is 5.91 Å². The van der Waals surface area contributed by atoms with Gasteiger partial charge in [-0.2, -0.15) is 0 Å². The van der Waals surface area contributed by atoms with Crippen LogP contribution in [-0.4, -0.2) is 70.1 Å². The van der Waals surface area contributed by atoms with Gasteiger partial charge < -0.3 is 19.6 Å². The summed E-state index contributed by atoms with van der Waals surface area (Å²) < 4.78 is 4.81. The molecule has 8 heteroatoms. The maximum Gasteiger partial charge on any atom is 0.311 e. The third-order valence-electron chi connectivity index (χ3n) is 8.45. The number of benzene rings is 2. The summed E-state index contributed by atoms with van der Waals surface area (Å²) in [5.74, 6) is -1.98. The van der Waals surface area contributed by atoms with Crippen LogP contribution in [-0.2, 0) is 19.1 Å². The summed E-state index contributed by atoms with van der Waals surface area (Å²) in [7, 11) is 0. The van der Waals surface area contributed by atoms with E-state index in [1.54, 1.807) is 21.6 Å². The van der Waals surface area contributed by atoms with Crippen molar-refractivity contribution in [3.63, 3.8) is 0 Å². The second-order valence-corrected chi connectivity index (χ2v) is 12.3. The molecule has 2 aromatic carbocycles. The van der Waals surface area contributed by atoms with Crippen LogP contribution in [0.1, 0.15) is 32.1 Å². The molecule has 4 heterocycles. The van der Waals surface area contributed by atoms with Crippen LogP contribution in [0.15, 0.2) is 66.8 Å². The van der Waals surface area contributed by atoms with Crippen molar-refractivity contribution in [2.45, 2.75) is 48.1 Å². The Morgan fingerprint density at radius 1 is 1.00 bits per heavy atom. The summed E-state index contributed by atoms with van der Waals surface area (Å²) in [6.07, 6.45) is 11.9. The molecule has 0 aliphatic carbocycles. The number of unbranched alkanes of at least 4 members (excludes halogenated alkanes) is 1. The Morgan fingerprint density at radius 2 is 1.85 bits per heavy atom. The Hall–Kier alpha value is -3.10. The highest BCUT2D eigenvalue weighted by Gasteiger charge is 2.70. The first-order valence-corrected chi connectivity index (χ1v) is 14.8. The van der Waals surface area contributed by atoms with E-state index in [-0.39, 0.29) is 29.6 Å². The fourth-order valence-electron chi connectivity index (χ4n) is 6.63. The van der Waals surface area contributed by atoms with Crippen molar-refractivity contribution < 1.29 is 24.2 Å². The predicted octanol–water partition coefficient (Wildman–Crippen LogP) is 4.10. The molecule has 6 rings (SSSR count). The van der Waals surface area contributed by atoms with Crippen LogP contribution >= 0.6 is 11.8 Å². The van der Waals surface area contributed by atoms with Crippen LogP contribution in [0.3, 0.4) is 0 Å². The van der Waals surface area contributed by atoms with Gasteiger partial charge in [0.1, 0.15) is 6.04 Å². The molecule has 0 bridgehead atoms. The Morgan fingerprint density at radius 3 is 2.69 bits per heavy atom. The van der Waals surface area contributed by atoms with Crippen LogP contribution in [0.25, 0.3) is 10.8 Å². The van der Waals surface area contributed by atoms with E-state index in [9.17, 15) is 19.5 Å². The smallest absolute Gasteiger partial charge is 0.311 e. The number of aliphatic hydroxyl groups excluding tert-OH is 1. The fraction of sp³-hybridized carbons (Fsp3) is 0.452. The number of anilines is 1. The zero-order chi connectivity index (χ0) is 27.0. The monoisotopic (exact) mass is 546 g/mol. The molecule has 1 spiro atoms. The van der Waals surface area contributed by atoms with E-state index in [0.29, 0.717) is 32.5 Å². The normalized spacial score (nSPS) is 31.5. The van der Waals surface area contributed by atoms with E-state index in [1.165, 1.54) is 0 Å². The van der Waals surface area contributed by atoms with Crippen molar-refractivity contribution in [2.24, 2.45) is 11.8 Å². The topological polar surface area (TPSA) is 87.2 Å². The number of nitrogens with zero attached hydrogens (tertiary/aromatic N) is 2. The molecule has 5 atom stereocenters. The van der Waals surface area contributed by atoms with Gasteiger partial charge in [0, 0.05) is 30.6 Å². The number of thioether (sulfide) groups is 1. The molecule has 39 heavy (non-hydrogen) atoms. The first-order valence-electron chi connectivity index (χ1n) is 14.0. The second kappa shape index (κ2) is 10.8. The van der Waals surface area contributed by atoms with Crippen molar-refractivity contribution in [3.8, 4) is 0 Å². The number of carbonyl (C=O) groups is 3. The summed E-state index contributed by atoms with van der Waals surface area (Å²) in [6.45, 7) is 1.12. The molecule has 1 N–H and O–H groups in total. The highest BCUT2D eigenvalue weighted by molar-refractivity contribution is 8.02. The van der Waals surface area contributed by atoms with E-state index >= 15 is 0 Å². The number of likely N-dealkylation sites (tertiary alicyclic amines) is 1. The Balaban J connectivity index is 1.42. The highest BCUT2D eigenvalue weighted by atomic mass is 32.2. The van der Waals surface area contributed by atoms with Crippen molar-refractivity contribution in [3.05, 3.63) is 66.8 Å². The van der Waals surface area contributed by atoms with Gasteiger partial charge in [0.2, 0.25) is 5.91 Å². The number of amides is 2. The number of fused-ring (bicyclic) bond motifs is 3. The van der Waals surface area contributed by atoms with Crippen molar-refractivity contribution in [1.82, 2.24) is 4.90 Å². The van der Waals surface area contributed by atoms with Gasteiger partial charge in [-0.3, -0.25) is 14.4 Å². The molecule has 7 nitrogen and oxygen atoms in total. The number of rotatable bonds is 5. The lowest BCUT2D eigenvalue weighted by molar-refractivity contribution is -0.153. The average Bonchev–Trinajstić information content (AvgIpc) is 3.33. The quantitative estimate of drug-likeness (QED) is 0.345. The van der Waals surface area contributed by atoms with E-state index < -0.39 is 22.6 Å². The molecule has 2 aromatic rings. The minimum atomic E-state index is -0.869. The molecule has 4 aliphatic heterocycles. The van der Waals surface area contributed by atoms with E-state index in [2.05, 4.69) is 12.2 Å². The maximum absolute atomic E-state index is 14.5. The Bertz CT molecular complexity index is 1340. The summed E-state index contributed by atoms with van der Waals surface area (Å²) in [6, 6.07) is 13.3. The van der Waals surface area contributed by atoms with Crippen LogP contribution in [0, 0.1) is 11.8 Å². The number of cyclic esters (lactones) is 1. The van der Waals surface area contributed by atoms with Crippen LogP contribution in [0.5, 0.6) is 0 Å². The molecule has 2 saturated heterocycles. The van der Waals surface area contributed by atoms with Crippen molar-refractivity contribution >= 4 is 46.0 Å². The molecule has 1 unspecified atom stereocenters. The molecule has 0 radical (unpaired) electrons. The second-order valence-electron chi connectivity index (χ2n) is 10.8. The fourth-order valence-corrected chi connectivity index (χ4v) is 8.63. The molecule has 0 saturated carbocycles. The predicted molar refractivity (Wildman–Crippen MR) is 152 cm³/mol. The van der Waals surface area contributed by atoms with Crippen LogP contribution < -0.4 is 4.90 Å². The molecule has 4 aliphatic rings. The highest BCUT2D eigenvalue weighted by Crippen LogP contribution is 2.60. The number of carbonyl (C=O) groups excluding carboxylic acids is 3. The molecule has 204 valence electrons. The largest absolute Gasteiger partial charge is 0.465 e. The van der Waals surface area contributed by atoms with E-state index in [0.717, 1.165) is 35.7 Å². The van der Waals surface area contributed by atoms with Crippen molar-refractivity contribution in [1.29, 1.82) is 0 Å². The van der Waals surface area contributed by atoms with Gasteiger partial charge in [-0.05, 0) is 55.0 Å². The number of hydrogen-bond donors (Lipinski definition) is 1. The van der Waals surface area contributed by atoms with Gasteiger partial charge in [0.05, 0.1) is 23.2 Å². The SMILES string of the molecule is O=C1OCCCC/C=C\[C@@H]2S[C@]34C=CCN(c5ccc6ccccc6c5)C(=O)C3N(CCCCO)C(=O)[C@@H]4[C@H]12. The maximum atomic E-state index is 14.5. The van der Waals surface area contributed by atoms with Gasteiger partial charge in [0.15, 0.2) is 0 Å². The lowest BCUT2D eigenvalue weighted by Crippen LogP contribution is -2.53. The number of allylic oxidation sites excluding steroid dienone is 1. The van der Waals surface area contributed by atoms with E-state index in [1.807, 2.05) is 54.6 Å². The molecular formula is C31H34N2O5S. The van der Waals surface area contributed by atoms with Gasteiger partial charge in [-0.1, -0.05) is 54.6 Å². The van der Waals surface area contributed by atoms with Crippen LogP contribution in [0.4, 0.5) is 5.69 Å². The number of aliphatic hydroxyl groups is 1. The Kier molecular flexibility index (Phi) is 7.25. The lowest BCUT2D eigenvalue weighted by atomic mass is 9.78. The average molecular weight is 547 g/mol. The zero-order valence-electron chi connectivity index (χ0n) is 21.9. The molecule has 0 aromatic heterocycles. The van der Waals surface area contributed by atoms with Gasteiger partial charge in [-0.15, -0.1) is 11.8 Å². The van der Waals surface area contributed by atoms with Crippen molar-refractivity contribution in [2.75, 3.05) is 31.2 Å². The third kappa shape index (κ3) is 4.47. The third-order valence-corrected chi connectivity index (χ3v) is 10.2. The summed E-state index contributed by atoms with van der Waals surface area (Å²) in [5.41, 5.74) is 0.785. The summed E-state index contributed by atoms with van der Waals surface area (Å²) in [5, 5.41) is 11.3. The van der Waals surface area contributed by atoms with E-state index in [4.69, 9.17) is 4.74 Å². The number of hydrogen-bond acceptors (Lipinski definition) is 6. The molecule has 2 amide bonds. The molecular weight excluding hydrogens is 512 g/mol. The first kappa shape index (κ1) is 26.1. The number of esters is 1. The standard InChI is InChI=1S/C31H34N2O5S/c34-18-7-6-16-33-27-29(36)32(23-14-13-21-10-4-5-11-22(21)20-23)17-9-15-31(27)26(28(33)35)25-24(39-31)12-3-1-2-8-19-38-30(25)37/h3-5,9-15,20,24-27,34H,1-2,6-8,16-19H2/b12-3-/t24-,25+,26-,27?,31-/m0/s1. The molecule has 2 fully saturated rings. The minimum absolute atomic E-state index is 0.0227. The summed E-state index contributed by atoms with van der Waals surface area (Å²) in [4.78, 5) is 45.6. The Labute approximate surface area is 232 Å². The first-order chi connectivity index (χ1) is 19.0. The summed E-state index contributed by atoms with van der Waals surface area (Å²) >= 11 is 1.57. The van der Waals surface area contributed by atoms with Gasteiger partial charge >= 0.3 is 5.97 Å². The minimum Gasteiger partial charge on any atom is -0.465 e. The number of ether oxygens (including phenoxy) is 1. The van der Waals surface area contributed by atoms with Gasteiger partial charge in [-0.25, -0.2) is 0 Å². The zero-order valence-corrected chi connectivity index (χ0v) is 22.7. The van der Waals surface area contributed by atoms with Crippen LogP contribution in [0.2, 0.25) is 0 Å². The lowest BCUT2D eigenvalue weighted by Gasteiger charge is -2.35.